The van der Waals surface area contributed by atoms with E-state index in [1.54, 1.807) is 0 Å². The van der Waals surface area contributed by atoms with Crippen molar-refractivity contribution in [1.29, 1.82) is 0 Å². The molecule has 0 amide bonds. The number of halogens is 1. The minimum Gasteiger partial charge on any atom is -0.476 e. The SMILES string of the molecule is Cc1nc(C(=O)O)c2n1CCN(c1ccccc1Br)C2. The van der Waals surface area contributed by atoms with Crippen LogP contribution in [0.3, 0.4) is 0 Å². The lowest BCUT2D eigenvalue weighted by Crippen LogP contribution is -2.34. The first-order chi connectivity index (χ1) is 9.58. The predicted octanol–water partition coefficient (Wildman–Crippen LogP) is 2.67. The van der Waals surface area contributed by atoms with Crippen molar-refractivity contribution in [3.63, 3.8) is 0 Å². The predicted molar refractivity (Wildman–Crippen MR) is 79.1 cm³/mol. The molecule has 2 heterocycles. The number of anilines is 1. The summed E-state index contributed by atoms with van der Waals surface area (Å²) in [5.41, 5.74) is 2.02. The monoisotopic (exact) mass is 335 g/mol. The Balaban J connectivity index is 2.00. The van der Waals surface area contributed by atoms with Gasteiger partial charge in [-0.1, -0.05) is 12.1 Å². The van der Waals surface area contributed by atoms with Crippen LogP contribution in [0, 0.1) is 6.92 Å². The highest BCUT2D eigenvalue weighted by atomic mass is 79.9. The van der Waals surface area contributed by atoms with Crippen LogP contribution in [0.25, 0.3) is 0 Å². The van der Waals surface area contributed by atoms with E-state index in [2.05, 4.69) is 25.8 Å². The number of aromatic carboxylic acids is 1. The first kappa shape index (κ1) is 13.2. The van der Waals surface area contributed by atoms with E-state index in [0.717, 1.165) is 34.8 Å². The van der Waals surface area contributed by atoms with E-state index in [9.17, 15) is 9.90 Å². The van der Waals surface area contributed by atoms with Crippen LogP contribution in [0.5, 0.6) is 0 Å². The summed E-state index contributed by atoms with van der Waals surface area (Å²) in [7, 11) is 0. The van der Waals surface area contributed by atoms with Crippen molar-refractivity contribution in [1.82, 2.24) is 9.55 Å². The van der Waals surface area contributed by atoms with E-state index < -0.39 is 5.97 Å². The molecule has 1 N–H and O–H groups in total. The molecule has 0 unspecified atom stereocenters. The molecule has 0 bridgehead atoms. The smallest absolute Gasteiger partial charge is 0.356 e. The number of hydrogen-bond donors (Lipinski definition) is 1. The zero-order chi connectivity index (χ0) is 14.3. The fourth-order valence-electron chi connectivity index (χ4n) is 2.63. The first-order valence-corrected chi connectivity index (χ1v) is 7.16. The number of hydrogen-bond acceptors (Lipinski definition) is 3. The van der Waals surface area contributed by atoms with Gasteiger partial charge in [0.15, 0.2) is 5.69 Å². The Morgan fingerprint density at radius 3 is 2.80 bits per heavy atom. The van der Waals surface area contributed by atoms with Crippen molar-refractivity contribution in [2.45, 2.75) is 20.0 Å². The van der Waals surface area contributed by atoms with Gasteiger partial charge in [-0.3, -0.25) is 0 Å². The zero-order valence-electron chi connectivity index (χ0n) is 11.0. The van der Waals surface area contributed by atoms with Crippen molar-refractivity contribution >= 4 is 27.6 Å². The Morgan fingerprint density at radius 1 is 1.35 bits per heavy atom. The molecule has 0 spiro atoms. The number of carboxylic acid groups (broad SMARTS) is 1. The molecule has 0 saturated carbocycles. The number of para-hydroxylation sites is 1. The molecule has 0 atom stereocenters. The van der Waals surface area contributed by atoms with Crippen molar-refractivity contribution in [3.8, 4) is 0 Å². The maximum atomic E-state index is 11.3. The summed E-state index contributed by atoms with van der Waals surface area (Å²) in [6, 6.07) is 7.97. The molecule has 0 saturated heterocycles. The van der Waals surface area contributed by atoms with E-state index in [4.69, 9.17) is 0 Å². The fraction of sp³-hybridized carbons (Fsp3) is 0.286. The highest BCUT2D eigenvalue weighted by molar-refractivity contribution is 9.10. The second kappa shape index (κ2) is 4.94. The molecular formula is C14H14BrN3O2. The van der Waals surface area contributed by atoms with E-state index in [0.29, 0.717) is 6.54 Å². The van der Waals surface area contributed by atoms with Gasteiger partial charge in [0.2, 0.25) is 0 Å². The summed E-state index contributed by atoms with van der Waals surface area (Å²) in [5.74, 6) is -0.194. The van der Waals surface area contributed by atoms with Crippen LogP contribution in [-0.2, 0) is 13.1 Å². The van der Waals surface area contributed by atoms with Crippen molar-refractivity contribution in [2.24, 2.45) is 0 Å². The molecule has 2 aromatic rings. The second-order valence-corrected chi connectivity index (χ2v) is 5.64. The normalized spacial score (nSPS) is 14.2. The summed E-state index contributed by atoms with van der Waals surface area (Å²) in [4.78, 5) is 17.6. The first-order valence-electron chi connectivity index (χ1n) is 6.36. The summed E-state index contributed by atoms with van der Waals surface area (Å²) < 4.78 is 3.01. The lowest BCUT2D eigenvalue weighted by molar-refractivity contribution is 0.0689. The molecule has 20 heavy (non-hydrogen) atoms. The Kier molecular flexibility index (Phi) is 3.25. The molecule has 1 aliphatic rings. The summed E-state index contributed by atoms with van der Waals surface area (Å²) in [5, 5.41) is 9.26. The number of nitrogens with zero attached hydrogens (tertiary/aromatic N) is 3. The van der Waals surface area contributed by atoms with E-state index in [1.165, 1.54) is 0 Å². The maximum Gasteiger partial charge on any atom is 0.356 e. The standard InChI is InChI=1S/C14H14BrN3O2/c1-9-16-13(14(19)20)12-8-17(6-7-18(9)12)11-5-3-2-4-10(11)15/h2-5H,6-8H2,1H3,(H,19,20). The quantitative estimate of drug-likeness (QED) is 0.916. The molecule has 3 rings (SSSR count). The Hall–Kier alpha value is -1.82. The molecular weight excluding hydrogens is 322 g/mol. The van der Waals surface area contributed by atoms with Crippen LogP contribution < -0.4 is 4.90 Å². The van der Waals surface area contributed by atoms with E-state index >= 15 is 0 Å². The number of carbonyl (C=O) groups is 1. The minimum absolute atomic E-state index is 0.166. The van der Waals surface area contributed by atoms with Crippen LogP contribution in [-0.4, -0.2) is 27.2 Å². The van der Waals surface area contributed by atoms with Gasteiger partial charge in [-0.05, 0) is 35.0 Å². The number of fused-ring (bicyclic) bond motifs is 1. The number of aromatic nitrogens is 2. The average Bonchev–Trinajstić information content (AvgIpc) is 2.76. The molecule has 0 radical (unpaired) electrons. The average molecular weight is 336 g/mol. The lowest BCUT2D eigenvalue weighted by Gasteiger charge is -2.31. The molecule has 6 heteroatoms. The van der Waals surface area contributed by atoms with Crippen LogP contribution in [0.2, 0.25) is 0 Å². The molecule has 0 fully saturated rings. The molecule has 5 nitrogen and oxygen atoms in total. The summed E-state index contributed by atoms with van der Waals surface area (Å²) in [6.45, 7) is 4.00. The van der Waals surface area contributed by atoms with Gasteiger partial charge in [-0.15, -0.1) is 0 Å². The highest BCUT2D eigenvalue weighted by Crippen LogP contribution is 2.30. The molecule has 1 aliphatic heterocycles. The fourth-order valence-corrected chi connectivity index (χ4v) is 3.17. The Morgan fingerprint density at radius 2 is 2.10 bits per heavy atom. The van der Waals surface area contributed by atoms with Gasteiger partial charge in [0.05, 0.1) is 17.9 Å². The van der Waals surface area contributed by atoms with Gasteiger partial charge >= 0.3 is 5.97 Å². The number of carboxylic acids is 1. The van der Waals surface area contributed by atoms with Gasteiger partial charge in [0.1, 0.15) is 5.82 Å². The van der Waals surface area contributed by atoms with E-state index in [-0.39, 0.29) is 5.69 Å². The minimum atomic E-state index is -0.962. The third-order valence-electron chi connectivity index (χ3n) is 3.59. The van der Waals surface area contributed by atoms with Crippen LogP contribution >= 0.6 is 15.9 Å². The number of aryl methyl sites for hydroxylation is 1. The molecule has 1 aromatic carbocycles. The van der Waals surface area contributed by atoms with Gasteiger partial charge in [-0.25, -0.2) is 9.78 Å². The largest absolute Gasteiger partial charge is 0.476 e. The second-order valence-electron chi connectivity index (χ2n) is 4.78. The molecule has 0 aliphatic carbocycles. The van der Waals surface area contributed by atoms with Gasteiger partial charge in [0.25, 0.3) is 0 Å². The number of imidazole rings is 1. The topological polar surface area (TPSA) is 58.4 Å². The Labute approximate surface area is 125 Å². The molecule has 104 valence electrons. The van der Waals surface area contributed by atoms with Crippen LogP contribution in [0.4, 0.5) is 5.69 Å². The lowest BCUT2D eigenvalue weighted by atomic mass is 10.2. The third-order valence-corrected chi connectivity index (χ3v) is 4.26. The third kappa shape index (κ3) is 2.10. The van der Waals surface area contributed by atoms with Gasteiger partial charge in [0, 0.05) is 17.6 Å². The Bertz CT molecular complexity index is 681. The van der Waals surface area contributed by atoms with Crippen molar-refractivity contribution < 1.29 is 9.90 Å². The number of benzene rings is 1. The van der Waals surface area contributed by atoms with Crippen LogP contribution in [0.15, 0.2) is 28.7 Å². The van der Waals surface area contributed by atoms with Gasteiger partial charge in [-0.2, -0.15) is 0 Å². The number of rotatable bonds is 2. The maximum absolute atomic E-state index is 11.3. The zero-order valence-corrected chi connectivity index (χ0v) is 12.6. The van der Waals surface area contributed by atoms with Crippen LogP contribution in [0.1, 0.15) is 22.0 Å². The van der Waals surface area contributed by atoms with Gasteiger partial charge < -0.3 is 14.6 Å². The summed E-state index contributed by atoms with van der Waals surface area (Å²) >= 11 is 3.54. The van der Waals surface area contributed by atoms with Crippen molar-refractivity contribution in [2.75, 3.05) is 11.4 Å². The highest BCUT2D eigenvalue weighted by Gasteiger charge is 2.26. The van der Waals surface area contributed by atoms with E-state index in [1.807, 2.05) is 35.8 Å². The summed E-state index contributed by atoms with van der Waals surface area (Å²) in [6.07, 6.45) is 0. The van der Waals surface area contributed by atoms with Crippen molar-refractivity contribution in [3.05, 3.63) is 46.0 Å². The molecule has 1 aromatic heterocycles.